The number of pyridine rings is 1. The van der Waals surface area contributed by atoms with Gasteiger partial charge in [0.2, 0.25) is 0 Å². The summed E-state index contributed by atoms with van der Waals surface area (Å²) in [7, 11) is 1.50. The van der Waals surface area contributed by atoms with E-state index >= 15 is 0 Å². The summed E-state index contributed by atoms with van der Waals surface area (Å²) in [5.74, 6) is 0.254. The van der Waals surface area contributed by atoms with Gasteiger partial charge in [-0.1, -0.05) is 18.2 Å². The van der Waals surface area contributed by atoms with Gasteiger partial charge in [0.05, 0.1) is 18.2 Å². The number of amides is 1. The molecule has 3 aromatic rings. The lowest BCUT2D eigenvalue weighted by atomic mass is 10.0. The minimum Gasteiger partial charge on any atom is -0.496 e. The summed E-state index contributed by atoms with van der Waals surface area (Å²) in [5.41, 5.74) is 2.49. The smallest absolute Gasteiger partial charge is 0.281 e. The second-order valence-corrected chi connectivity index (χ2v) is 8.52. The van der Waals surface area contributed by atoms with Crippen LogP contribution in [0.4, 0.5) is 14.5 Å². The van der Waals surface area contributed by atoms with E-state index in [2.05, 4.69) is 10.3 Å². The number of hydroxylamine groups is 2. The number of nitrogens with zero attached hydrogens (tertiary/aromatic N) is 3. The van der Waals surface area contributed by atoms with Gasteiger partial charge in [-0.2, -0.15) is 10.3 Å². The number of aromatic nitrogens is 1. The molecule has 0 spiro atoms. The number of ether oxygens (including phenoxy) is 1. The SMILES string of the molecule is COc1ccc(C2Nc3ccccc3C(=O)N2O)cc1CSc1nc(C(F)F)cc(C)c1C#N. The fourth-order valence-corrected chi connectivity index (χ4v) is 4.76. The van der Waals surface area contributed by atoms with E-state index in [1.54, 1.807) is 49.4 Å². The number of nitrogens with one attached hydrogen (secondary N) is 1. The van der Waals surface area contributed by atoms with E-state index in [4.69, 9.17) is 4.74 Å². The summed E-state index contributed by atoms with van der Waals surface area (Å²) in [6.45, 7) is 1.59. The van der Waals surface area contributed by atoms with Crippen molar-refractivity contribution in [3.8, 4) is 11.8 Å². The van der Waals surface area contributed by atoms with E-state index in [-0.39, 0.29) is 22.0 Å². The topological polar surface area (TPSA) is 98.5 Å². The molecular weight excluding hydrogens is 462 g/mol. The van der Waals surface area contributed by atoms with E-state index in [0.29, 0.717) is 38.8 Å². The number of fused-ring (bicyclic) bond motifs is 1. The van der Waals surface area contributed by atoms with Crippen LogP contribution in [0.3, 0.4) is 0 Å². The summed E-state index contributed by atoms with van der Waals surface area (Å²) in [6.07, 6.45) is -3.59. The molecule has 2 heterocycles. The van der Waals surface area contributed by atoms with Gasteiger partial charge in [-0.3, -0.25) is 10.0 Å². The lowest BCUT2D eigenvalue weighted by Crippen LogP contribution is -2.40. The highest BCUT2D eigenvalue weighted by Crippen LogP contribution is 2.36. The standard InChI is InChI=1S/C24H20F2N4O3S/c1-13-9-19(21(25)26)29-23(17(13)11-27)34-12-15-10-14(7-8-20(15)33-2)22-28-18-6-4-3-5-16(18)24(31)30(22)32/h3-10,21-22,28,32H,12H2,1-2H3. The van der Waals surface area contributed by atoms with Gasteiger partial charge < -0.3 is 10.1 Å². The molecule has 10 heteroatoms. The Morgan fingerprint density at radius 2 is 2.06 bits per heavy atom. The zero-order valence-corrected chi connectivity index (χ0v) is 19.1. The number of carbonyl (C=O) groups excluding carboxylic acids is 1. The molecule has 34 heavy (non-hydrogen) atoms. The first-order valence-corrected chi connectivity index (χ1v) is 11.2. The number of methoxy groups -OCH3 is 1. The Morgan fingerprint density at radius 1 is 1.29 bits per heavy atom. The Kier molecular flexibility index (Phi) is 6.68. The first-order chi connectivity index (χ1) is 16.3. The number of halogens is 2. The lowest BCUT2D eigenvalue weighted by molar-refractivity contribution is -0.0851. The number of benzene rings is 2. The molecule has 0 radical (unpaired) electrons. The molecular formula is C24H20F2N4O3S. The first-order valence-electron chi connectivity index (χ1n) is 10.2. The number of anilines is 1. The van der Waals surface area contributed by atoms with Crippen LogP contribution in [0.15, 0.2) is 53.6 Å². The van der Waals surface area contributed by atoms with Gasteiger partial charge in [0.25, 0.3) is 12.3 Å². The average molecular weight is 483 g/mol. The first kappa shape index (κ1) is 23.5. The highest BCUT2D eigenvalue weighted by Gasteiger charge is 2.32. The zero-order chi connectivity index (χ0) is 24.4. The van der Waals surface area contributed by atoms with Crippen LogP contribution >= 0.6 is 11.8 Å². The van der Waals surface area contributed by atoms with Crippen molar-refractivity contribution in [3.63, 3.8) is 0 Å². The lowest BCUT2D eigenvalue weighted by Gasteiger charge is -2.33. The molecule has 7 nitrogen and oxygen atoms in total. The molecule has 1 atom stereocenters. The molecule has 1 aliphatic rings. The van der Waals surface area contributed by atoms with Crippen molar-refractivity contribution in [3.05, 3.63) is 82.0 Å². The second-order valence-electron chi connectivity index (χ2n) is 7.56. The van der Waals surface area contributed by atoms with E-state index < -0.39 is 18.5 Å². The molecule has 1 aliphatic heterocycles. The van der Waals surface area contributed by atoms with E-state index in [1.165, 1.54) is 13.2 Å². The number of carbonyl (C=O) groups is 1. The summed E-state index contributed by atoms with van der Waals surface area (Å²) in [5, 5.41) is 24.0. The van der Waals surface area contributed by atoms with Crippen molar-refractivity contribution in [2.24, 2.45) is 0 Å². The third-order valence-corrected chi connectivity index (χ3v) is 6.45. The summed E-state index contributed by atoms with van der Waals surface area (Å²) >= 11 is 1.13. The van der Waals surface area contributed by atoms with E-state index in [1.807, 2.05) is 6.07 Å². The summed E-state index contributed by atoms with van der Waals surface area (Å²) < 4.78 is 31.9. The van der Waals surface area contributed by atoms with Crippen LogP contribution in [-0.2, 0) is 5.75 Å². The Bertz CT molecular complexity index is 1300. The number of rotatable bonds is 6. The third kappa shape index (κ3) is 4.40. The molecule has 174 valence electrons. The van der Waals surface area contributed by atoms with Crippen molar-refractivity contribution >= 4 is 23.4 Å². The number of thioether (sulfide) groups is 1. The van der Waals surface area contributed by atoms with Crippen LogP contribution in [0.5, 0.6) is 5.75 Å². The largest absolute Gasteiger partial charge is 0.496 e. The molecule has 1 unspecified atom stereocenters. The maximum absolute atomic E-state index is 13.2. The van der Waals surface area contributed by atoms with Crippen molar-refractivity contribution in [2.45, 2.75) is 30.3 Å². The molecule has 0 aliphatic carbocycles. The summed E-state index contributed by atoms with van der Waals surface area (Å²) in [6, 6.07) is 15.3. The molecule has 0 saturated carbocycles. The van der Waals surface area contributed by atoms with Gasteiger partial charge in [-0.25, -0.2) is 13.8 Å². The van der Waals surface area contributed by atoms with E-state index in [9.17, 15) is 24.0 Å². The number of hydrogen-bond donors (Lipinski definition) is 2. The van der Waals surface area contributed by atoms with Gasteiger partial charge in [-0.05, 0) is 48.4 Å². The highest BCUT2D eigenvalue weighted by atomic mass is 32.2. The predicted octanol–water partition coefficient (Wildman–Crippen LogP) is 5.46. The minimum absolute atomic E-state index is 0.203. The van der Waals surface area contributed by atoms with Gasteiger partial charge in [0.1, 0.15) is 22.5 Å². The normalized spacial score (nSPS) is 15.0. The van der Waals surface area contributed by atoms with Crippen molar-refractivity contribution < 1.29 is 23.5 Å². The maximum atomic E-state index is 13.2. The predicted molar refractivity (Wildman–Crippen MR) is 122 cm³/mol. The molecule has 0 fully saturated rings. The van der Waals surface area contributed by atoms with Gasteiger partial charge in [0.15, 0.2) is 6.17 Å². The third-order valence-electron chi connectivity index (χ3n) is 5.43. The van der Waals surface area contributed by atoms with Gasteiger partial charge in [0, 0.05) is 17.0 Å². The van der Waals surface area contributed by atoms with Crippen molar-refractivity contribution in [1.29, 1.82) is 5.26 Å². The Balaban J connectivity index is 1.65. The quantitative estimate of drug-likeness (QED) is 0.356. The van der Waals surface area contributed by atoms with E-state index in [0.717, 1.165) is 11.8 Å². The highest BCUT2D eigenvalue weighted by molar-refractivity contribution is 7.98. The van der Waals surface area contributed by atoms with Crippen LogP contribution < -0.4 is 10.1 Å². The zero-order valence-electron chi connectivity index (χ0n) is 18.3. The molecule has 0 saturated heterocycles. The minimum atomic E-state index is -2.75. The van der Waals surface area contributed by atoms with Crippen LogP contribution in [0, 0.1) is 18.3 Å². The average Bonchev–Trinajstić information content (AvgIpc) is 2.84. The molecule has 0 bridgehead atoms. The molecule has 1 aromatic heterocycles. The molecule has 1 amide bonds. The Hall–Kier alpha value is -3.68. The van der Waals surface area contributed by atoms with Crippen LogP contribution in [0.1, 0.15) is 50.9 Å². The number of alkyl halides is 2. The van der Waals surface area contributed by atoms with Crippen LogP contribution in [-0.4, -0.2) is 28.3 Å². The molecule has 2 N–H and O–H groups in total. The summed E-state index contributed by atoms with van der Waals surface area (Å²) in [4.78, 5) is 16.6. The van der Waals surface area contributed by atoms with Crippen LogP contribution in [0.25, 0.3) is 0 Å². The maximum Gasteiger partial charge on any atom is 0.281 e. The fourth-order valence-electron chi connectivity index (χ4n) is 3.72. The Labute approximate surface area is 198 Å². The number of nitriles is 1. The molecule has 2 aromatic carbocycles. The fraction of sp³-hybridized carbons (Fsp3) is 0.208. The van der Waals surface area contributed by atoms with Gasteiger partial charge in [-0.15, -0.1) is 11.8 Å². The Morgan fingerprint density at radius 3 is 2.76 bits per heavy atom. The second kappa shape index (κ2) is 9.67. The number of hydrogen-bond acceptors (Lipinski definition) is 7. The van der Waals surface area contributed by atoms with Crippen molar-refractivity contribution in [1.82, 2.24) is 10.0 Å². The number of aryl methyl sites for hydroxylation is 1. The monoisotopic (exact) mass is 482 g/mol. The van der Waals surface area contributed by atoms with Gasteiger partial charge >= 0.3 is 0 Å². The van der Waals surface area contributed by atoms with Crippen molar-refractivity contribution in [2.75, 3.05) is 12.4 Å². The van der Waals surface area contributed by atoms with Crippen LogP contribution in [0.2, 0.25) is 0 Å². The molecule has 4 rings (SSSR count). The number of para-hydroxylation sites is 1.